The van der Waals surface area contributed by atoms with Crippen molar-refractivity contribution in [3.8, 4) is 0 Å². The largest absolute Gasteiger partial charge is 0.362 e. The van der Waals surface area contributed by atoms with Crippen LogP contribution in [0.2, 0.25) is 0 Å². The summed E-state index contributed by atoms with van der Waals surface area (Å²) < 4.78 is 15.2. The van der Waals surface area contributed by atoms with Gasteiger partial charge in [-0.1, -0.05) is 18.7 Å². The van der Waals surface area contributed by atoms with Crippen LogP contribution in [0.15, 0.2) is 58.1 Å². The molecule has 3 aromatic heterocycles. The summed E-state index contributed by atoms with van der Waals surface area (Å²) in [7, 11) is 1.72. The molecule has 0 saturated carbocycles. The first-order chi connectivity index (χ1) is 16.9. The average molecular weight is 489 g/mol. The maximum Gasteiger partial charge on any atom is 0.270 e. The second-order valence-electron chi connectivity index (χ2n) is 8.99. The van der Waals surface area contributed by atoms with Gasteiger partial charge >= 0.3 is 0 Å². The van der Waals surface area contributed by atoms with Crippen LogP contribution in [0.1, 0.15) is 31.1 Å². The fraction of sp³-hybridized carbons (Fsp3) is 0.308. The lowest BCUT2D eigenvalue weighted by Gasteiger charge is -2.48. The van der Waals surface area contributed by atoms with E-state index in [1.807, 2.05) is 23.0 Å². The summed E-state index contributed by atoms with van der Waals surface area (Å²) in [5, 5.41) is 2.04. The van der Waals surface area contributed by atoms with Gasteiger partial charge in [-0.05, 0) is 43.7 Å². The maximum atomic E-state index is 13.7. The molecule has 3 atom stereocenters. The Labute approximate surface area is 206 Å². The molecule has 1 aliphatic heterocycles. The second kappa shape index (κ2) is 9.21. The maximum absolute atomic E-state index is 13.7. The number of benzene rings is 1. The van der Waals surface area contributed by atoms with Crippen molar-refractivity contribution in [2.45, 2.75) is 32.0 Å². The number of fused-ring (bicyclic) bond motifs is 1. The van der Waals surface area contributed by atoms with Gasteiger partial charge in [0.1, 0.15) is 5.82 Å². The monoisotopic (exact) mass is 488 g/mol. The fourth-order valence-corrected chi connectivity index (χ4v) is 5.54. The van der Waals surface area contributed by atoms with Crippen LogP contribution in [0.25, 0.3) is 15.9 Å². The Morgan fingerprint density at radius 3 is 2.60 bits per heavy atom. The third-order valence-electron chi connectivity index (χ3n) is 6.76. The number of pyridine rings is 2. The van der Waals surface area contributed by atoms with Gasteiger partial charge in [0.15, 0.2) is 0 Å². The van der Waals surface area contributed by atoms with Crippen molar-refractivity contribution in [1.29, 1.82) is 0 Å². The summed E-state index contributed by atoms with van der Waals surface area (Å²) in [5.74, 6) is 0.0393. The van der Waals surface area contributed by atoms with E-state index in [2.05, 4.69) is 38.5 Å². The number of hydrogen-bond donors (Lipinski definition) is 0. The Hall–Kier alpha value is -3.61. The molecule has 0 bridgehead atoms. The Morgan fingerprint density at radius 1 is 1.14 bits per heavy atom. The molecule has 0 spiro atoms. The zero-order valence-corrected chi connectivity index (χ0v) is 20.5. The molecule has 178 valence electrons. The van der Waals surface area contributed by atoms with E-state index < -0.39 is 0 Å². The van der Waals surface area contributed by atoms with E-state index in [0.29, 0.717) is 29.9 Å². The van der Waals surface area contributed by atoms with Crippen LogP contribution >= 0.6 is 11.3 Å². The third kappa shape index (κ3) is 4.20. The third-order valence-corrected chi connectivity index (χ3v) is 7.37. The summed E-state index contributed by atoms with van der Waals surface area (Å²) in [4.78, 5) is 30.0. The fourth-order valence-electron chi connectivity index (χ4n) is 4.97. The van der Waals surface area contributed by atoms with E-state index in [0.717, 1.165) is 16.9 Å². The molecule has 0 radical (unpaired) electrons. The average Bonchev–Trinajstić information content (AvgIpc) is 3.39. The van der Waals surface area contributed by atoms with E-state index in [9.17, 15) is 9.18 Å². The van der Waals surface area contributed by atoms with Gasteiger partial charge in [-0.2, -0.15) is 0 Å². The van der Waals surface area contributed by atoms with Crippen LogP contribution in [0.3, 0.4) is 0 Å². The Morgan fingerprint density at radius 2 is 1.91 bits per heavy atom. The van der Waals surface area contributed by atoms with Gasteiger partial charge in [0.25, 0.3) is 11.4 Å². The molecule has 1 aromatic carbocycles. The zero-order valence-electron chi connectivity index (χ0n) is 19.7. The van der Waals surface area contributed by atoms with Crippen LogP contribution in [0, 0.1) is 12.4 Å². The Bertz CT molecular complexity index is 1460. The number of anilines is 1. The molecule has 4 aromatic rings. The molecular weight excluding hydrogens is 463 g/mol. The lowest BCUT2D eigenvalue weighted by Crippen LogP contribution is -2.57. The summed E-state index contributed by atoms with van der Waals surface area (Å²) in [6, 6.07) is 11.8. The first kappa shape index (κ1) is 23.1. The van der Waals surface area contributed by atoms with Crippen LogP contribution in [0.5, 0.6) is 0 Å². The number of halogens is 1. The molecule has 9 heteroatoms. The van der Waals surface area contributed by atoms with E-state index in [1.54, 1.807) is 41.2 Å². The van der Waals surface area contributed by atoms with Crippen molar-refractivity contribution in [3.05, 3.63) is 92.2 Å². The van der Waals surface area contributed by atoms with Crippen molar-refractivity contribution in [2.24, 2.45) is 7.05 Å². The van der Waals surface area contributed by atoms with E-state index in [1.165, 1.54) is 12.1 Å². The molecule has 5 rings (SSSR count). The molecule has 1 fully saturated rings. The summed E-state index contributed by atoms with van der Waals surface area (Å²) in [5.41, 5.74) is 5.75. The van der Waals surface area contributed by atoms with Gasteiger partial charge < -0.3 is 14.3 Å². The summed E-state index contributed by atoms with van der Waals surface area (Å²) >= 11 is 1.55. The topological polar surface area (TPSA) is 58.6 Å². The number of rotatable bonds is 4. The molecule has 7 nitrogen and oxygen atoms in total. The molecule has 1 aliphatic rings. The number of thiazole rings is 1. The Kier molecular flexibility index (Phi) is 6.09. The van der Waals surface area contributed by atoms with Gasteiger partial charge in [-0.25, -0.2) is 9.37 Å². The van der Waals surface area contributed by atoms with Crippen molar-refractivity contribution in [1.82, 2.24) is 19.4 Å². The highest BCUT2D eigenvalue weighted by Gasteiger charge is 2.37. The molecule has 0 amide bonds. The quantitative estimate of drug-likeness (QED) is 0.388. The van der Waals surface area contributed by atoms with E-state index in [4.69, 9.17) is 6.57 Å². The highest BCUT2D eigenvalue weighted by molar-refractivity contribution is 7.07. The smallest absolute Gasteiger partial charge is 0.270 e. The SMILES string of the molecule is [C-]#[N+]c1ccc2c(n1)c(N1C[C@@H](C)N(C(c3ccc(F)cc3)c3cscn3)C[C@@H]1C)cc(=O)n2C. The molecule has 35 heavy (non-hydrogen) atoms. The van der Waals surface area contributed by atoms with Crippen LogP contribution in [-0.2, 0) is 7.05 Å². The highest BCUT2D eigenvalue weighted by Crippen LogP contribution is 2.36. The normalized spacial score (nSPS) is 19.6. The molecular formula is C26H25FN6OS. The molecule has 4 heterocycles. The number of aromatic nitrogens is 3. The lowest BCUT2D eigenvalue weighted by molar-refractivity contribution is 0.128. The second-order valence-corrected chi connectivity index (χ2v) is 9.71. The van der Waals surface area contributed by atoms with Crippen molar-refractivity contribution >= 4 is 33.9 Å². The zero-order chi connectivity index (χ0) is 24.7. The standard InChI is InChI=1S/C26H25FN6OS/c1-16-13-33(26(20-14-35-15-29-20)18-5-7-19(27)8-6-18)17(2)12-32(16)22-11-24(34)31(4)21-9-10-23(28-3)30-25(21)22/h5-11,14-17,26H,12-13H2,1-2,4H3/t16-,17+,26?/m0/s1. The van der Waals surface area contributed by atoms with E-state index >= 15 is 0 Å². The number of nitrogens with zero attached hydrogens (tertiary/aromatic N) is 6. The van der Waals surface area contributed by atoms with Crippen molar-refractivity contribution in [3.63, 3.8) is 0 Å². The molecule has 0 N–H and O–H groups in total. The summed E-state index contributed by atoms with van der Waals surface area (Å²) in [6.07, 6.45) is 0. The first-order valence-electron chi connectivity index (χ1n) is 11.4. The molecule has 1 saturated heterocycles. The van der Waals surface area contributed by atoms with Crippen LogP contribution in [-0.4, -0.2) is 44.6 Å². The minimum absolute atomic E-state index is 0.0569. The number of hydrogen-bond acceptors (Lipinski definition) is 6. The van der Waals surface area contributed by atoms with E-state index in [-0.39, 0.29) is 29.5 Å². The minimum Gasteiger partial charge on any atom is -0.362 e. The number of piperazine rings is 1. The van der Waals surface area contributed by atoms with Crippen molar-refractivity contribution < 1.29 is 4.39 Å². The Balaban J connectivity index is 1.54. The van der Waals surface area contributed by atoms with Crippen molar-refractivity contribution in [2.75, 3.05) is 18.0 Å². The number of aryl methyl sites for hydroxylation is 1. The highest BCUT2D eigenvalue weighted by atomic mass is 32.1. The summed E-state index contributed by atoms with van der Waals surface area (Å²) in [6.45, 7) is 13.0. The molecule has 1 unspecified atom stereocenters. The minimum atomic E-state index is -0.263. The molecule has 0 aliphatic carbocycles. The van der Waals surface area contributed by atoms with Gasteiger partial charge in [0, 0.05) is 43.7 Å². The van der Waals surface area contributed by atoms with Gasteiger partial charge in [-0.3, -0.25) is 9.69 Å². The van der Waals surface area contributed by atoms with Crippen LogP contribution in [0.4, 0.5) is 15.9 Å². The van der Waals surface area contributed by atoms with Gasteiger partial charge in [-0.15, -0.1) is 16.3 Å². The van der Waals surface area contributed by atoms with Gasteiger partial charge in [0.2, 0.25) is 5.52 Å². The first-order valence-corrected chi connectivity index (χ1v) is 12.4. The lowest BCUT2D eigenvalue weighted by atomic mass is 9.97. The predicted octanol–water partition coefficient (Wildman–Crippen LogP) is 4.77. The predicted molar refractivity (Wildman–Crippen MR) is 137 cm³/mol. The van der Waals surface area contributed by atoms with Gasteiger partial charge in [0.05, 0.1) is 28.5 Å². The van der Waals surface area contributed by atoms with Crippen LogP contribution < -0.4 is 10.5 Å².